The van der Waals surface area contributed by atoms with Crippen molar-refractivity contribution in [2.24, 2.45) is 0 Å². The normalized spacial score (nSPS) is 16.7. The largest absolute Gasteiger partial charge is 0.375 e. The predicted octanol–water partition coefficient (Wildman–Crippen LogP) is 0.833. The second-order valence-corrected chi connectivity index (χ2v) is 6.64. The SMILES string of the molecule is COCC(=O)N1Cc2ccnn2[C@H](C(=O)NCCc2cccs2)C1. The van der Waals surface area contributed by atoms with Crippen LogP contribution in [0, 0.1) is 0 Å². The van der Waals surface area contributed by atoms with E-state index in [-0.39, 0.29) is 18.4 Å². The lowest BCUT2D eigenvalue weighted by molar-refractivity contribution is -0.138. The lowest BCUT2D eigenvalue weighted by Gasteiger charge is -2.33. The average molecular weight is 348 g/mol. The first-order chi connectivity index (χ1) is 11.7. The van der Waals surface area contributed by atoms with Crippen LogP contribution in [0.1, 0.15) is 16.6 Å². The molecule has 1 atom stereocenters. The Morgan fingerprint density at radius 1 is 1.46 bits per heavy atom. The van der Waals surface area contributed by atoms with Crippen LogP contribution in [0.5, 0.6) is 0 Å². The van der Waals surface area contributed by atoms with Crippen LogP contribution >= 0.6 is 11.3 Å². The Kier molecular flexibility index (Phi) is 5.27. The van der Waals surface area contributed by atoms with Gasteiger partial charge in [-0.3, -0.25) is 14.3 Å². The molecule has 0 aliphatic carbocycles. The Hall–Kier alpha value is -2.19. The van der Waals surface area contributed by atoms with Gasteiger partial charge in [0.05, 0.1) is 18.8 Å². The number of thiophene rings is 1. The summed E-state index contributed by atoms with van der Waals surface area (Å²) in [7, 11) is 1.49. The predicted molar refractivity (Wildman–Crippen MR) is 89.6 cm³/mol. The van der Waals surface area contributed by atoms with E-state index in [0.29, 0.717) is 19.6 Å². The van der Waals surface area contributed by atoms with E-state index in [1.54, 1.807) is 27.1 Å². The van der Waals surface area contributed by atoms with Crippen LogP contribution in [0.4, 0.5) is 0 Å². The molecule has 0 saturated carbocycles. The van der Waals surface area contributed by atoms with Crippen LogP contribution in [0.15, 0.2) is 29.8 Å². The Labute approximate surface area is 144 Å². The molecule has 1 aliphatic heterocycles. The number of fused-ring (bicyclic) bond motifs is 1. The zero-order chi connectivity index (χ0) is 16.9. The summed E-state index contributed by atoms with van der Waals surface area (Å²) in [5, 5.41) is 9.22. The van der Waals surface area contributed by atoms with E-state index >= 15 is 0 Å². The lowest BCUT2D eigenvalue weighted by Crippen LogP contribution is -2.48. The number of nitrogens with one attached hydrogen (secondary N) is 1. The number of amides is 2. The minimum atomic E-state index is -0.507. The smallest absolute Gasteiger partial charge is 0.248 e. The number of carbonyl (C=O) groups excluding carboxylic acids is 2. The van der Waals surface area contributed by atoms with E-state index in [0.717, 1.165) is 12.1 Å². The summed E-state index contributed by atoms with van der Waals surface area (Å²) in [5.74, 6) is -0.243. The summed E-state index contributed by atoms with van der Waals surface area (Å²) in [6.45, 7) is 1.34. The van der Waals surface area contributed by atoms with Gasteiger partial charge in [-0.1, -0.05) is 6.07 Å². The van der Waals surface area contributed by atoms with Crippen LogP contribution in [0.25, 0.3) is 0 Å². The third-order valence-electron chi connectivity index (χ3n) is 3.97. The summed E-state index contributed by atoms with van der Waals surface area (Å²) in [4.78, 5) is 27.6. The highest BCUT2D eigenvalue weighted by Gasteiger charge is 2.32. The summed E-state index contributed by atoms with van der Waals surface area (Å²) in [6.07, 6.45) is 2.46. The quantitative estimate of drug-likeness (QED) is 0.839. The van der Waals surface area contributed by atoms with Crippen LogP contribution in [0.3, 0.4) is 0 Å². The van der Waals surface area contributed by atoms with Crippen molar-refractivity contribution in [3.8, 4) is 0 Å². The van der Waals surface area contributed by atoms with E-state index < -0.39 is 6.04 Å². The number of hydrogen-bond donors (Lipinski definition) is 1. The van der Waals surface area contributed by atoms with E-state index in [4.69, 9.17) is 4.74 Å². The van der Waals surface area contributed by atoms with E-state index in [1.807, 2.05) is 23.6 Å². The van der Waals surface area contributed by atoms with Gasteiger partial charge in [-0.15, -0.1) is 11.3 Å². The fourth-order valence-electron chi connectivity index (χ4n) is 2.77. The highest BCUT2D eigenvalue weighted by molar-refractivity contribution is 7.09. The van der Waals surface area contributed by atoms with Crippen molar-refractivity contribution in [3.63, 3.8) is 0 Å². The highest BCUT2D eigenvalue weighted by Crippen LogP contribution is 2.20. The van der Waals surface area contributed by atoms with E-state index in [9.17, 15) is 9.59 Å². The van der Waals surface area contributed by atoms with Crippen molar-refractivity contribution >= 4 is 23.2 Å². The Balaban J connectivity index is 1.64. The first-order valence-electron chi connectivity index (χ1n) is 7.78. The van der Waals surface area contributed by atoms with Crippen molar-refractivity contribution < 1.29 is 14.3 Å². The fourth-order valence-corrected chi connectivity index (χ4v) is 3.48. The number of nitrogens with zero attached hydrogens (tertiary/aromatic N) is 3. The zero-order valence-corrected chi connectivity index (χ0v) is 14.3. The van der Waals surface area contributed by atoms with Gasteiger partial charge in [-0.2, -0.15) is 5.10 Å². The van der Waals surface area contributed by atoms with Gasteiger partial charge in [-0.25, -0.2) is 0 Å². The van der Waals surface area contributed by atoms with Crippen LogP contribution < -0.4 is 5.32 Å². The first kappa shape index (κ1) is 16.7. The summed E-state index contributed by atoms with van der Waals surface area (Å²) in [5.41, 5.74) is 0.851. The molecule has 0 radical (unpaired) electrons. The Morgan fingerprint density at radius 2 is 2.33 bits per heavy atom. The molecule has 2 aromatic heterocycles. The maximum atomic E-state index is 12.6. The molecule has 1 aliphatic rings. The zero-order valence-electron chi connectivity index (χ0n) is 13.5. The molecule has 1 N–H and O–H groups in total. The number of hydrogen-bond acceptors (Lipinski definition) is 5. The van der Waals surface area contributed by atoms with Crippen molar-refractivity contribution in [2.45, 2.75) is 19.0 Å². The fraction of sp³-hybridized carbons (Fsp3) is 0.438. The number of rotatable bonds is 6. The number of methoxy groups -OCH3 is 1. The second kappa shape index (κ2) is 7.59. The molecule has 128 valence electrons. The molecule has 0 bridgehead atoms. The minimum absolute atomic E-state index is 0.0147. The van der Waals surface area contributed by atoms with Gasteiger partial charge >= 0.3 is 0 Å². The van der Waals surface area contributed by atoms with Gasteiger partial charge in [0.2, 0.25) is 11.8 Å². The third-order valence-corrected chi connectivity index (χ3v) is 4.90. The summed E-state index contributed by atoms with van der Waals surface area (Å²) < 4.78 is 6.62. The van der Waals surface area contributed by atoms with Gasteiger partial charge in [-0.05, 0) is 23.9 Å². The van der Waals surface area contributed by atoms with Crippen molar-refractivity contribution in [3.05, 3.63) is 40.3 Å². The molecule has 8 heteroatoms. The molecule has 3 rings (SSSR count). The minimum Gasteiger partial charge on any atom is -0.375 e. The molecule has 2 aromatic rings. The van der Waals surface area contributed by atoms with Crippen LogP contribution in [-0.2, 0) is 27.3 Å². The van der Waals surface area contributed by atoms with Gasteiger partial charge in [0.15, 0.2) is 0 Å². The Morgan fingerprint density at radius 3 is 3.08 bits per heavy atom. The summed E-state index contributed by atoms with van der Waals surface area (Å²) >= 11 is 1.67. The van der Waals surface area contributed by atoms with Crippen molar-refractivity contribution in [2.75, 3.05) is 26.8 Å². The standard InChI is InChI=1S/C16H20N4O3S/c1-23-11-15(21)19-9-12-4-7-18-20(12)14(10-19)16(22)17-6-5-13-3-2-8-24-13/h2-4,7-8,14H,5-6,9-11H2,1H3,(H,17,22)/t14-/m0/s1. The average Bonchev–Trinajstić information content (AvgIpc) is 3.25. The molecule has 3 heterocycles. The van der Waals surface area contributed by atoms with Gasteiger partial charge < -0.3 is 15.0 Å². The molecule has 0 aromatic carbocycles. The van der Waals surface area contributed by atoms with Crippen molar-refractivity contribution in [1.82, 2.24) is 20.0 Å². The van der Waals surface area contributed by atoms with Crippen molar-refractivity contribution in [1.29, 1.82) is 0 Å². The molecule has 0 saturated heterocycles. The van der Waals surface area contributed by atoms with E-state index in [1.165, 1.54) is 12.0 Å². The number of aromatic nitrogens is 2. The second-order valence-electron chi connectivity index (χ2n) is 5.61. The van der Waals surface area contributed by atoms with Crippen LogP contribution in [0.2, 0.25) is 0 Å². The molecule has 0 fully saturated rings. The molecule has 24 heavy (non-hydrogen) atoms. The molecule has 2 amide bonds. The number of ether oxygens (including phenoxy) is 1. The van der Waals surface area contributed by atoms with Gasteiger partial charge in [0.25, 0.3) is 0 Å². The summed E-state index contributed by atoms with van der Waals surface area (Å²) in [6, 6.07) is 5.37. The maximum Gasteiger partial charge on any atom is 0.248 e. The highest BCUT2D eigenvalue weighted by atomic mass is 32.1. The molecule has 0 spiro atoms. The van der Waals surface area contributed by atoms with Gasteiger partial charge in [0, 0.05) is 24.7 Å². The van der Waals surface area contributed by atoms with Gasteiger partial charge in [0.1, 0.15) is 12.6 Å². The molecular formula is C16H20N4O3S. The lowest BCUT2D eigenvalue weighted by atomic mass is 10.1. The molecular weight excluding hydrogens is 328 g/mol. The topological polar surface area (TPSA) is 76.5 Å². The van der Waals surface area contributed by atoms with E-state index in [2.05, 4.69) is 10.4 Å². The molecule has 0 unspecified atom stereocenters. The first-order valence-corrected chi connectivity index (χ1v) is 8.66. The third kappa shape index (κ3) is 3.65. The Bertz CT molecular complexity index is 698. The molecule has 7 nitrogen and oxygen atoms in total. The monoisotopic (exact) mass is 348 g/mol. The number of carbonyl (C=O) groups is 2. The van der Waals surface area contributed by atoms with Crippen LogP contribution in [-0.4, -0.2) is 53.3 Å². The maximum absolute atomic E-state index is 12.6.